The van der Waals surface area contributed by atoms with Crippen molar-refractivity contribution in [2.24, 2.45) is 0 Å². The average molecular weight is 269 g/mol. The van der Waals surface area contributed by atoms with E-state index in [-0.39, 0.29) is 5.91 Å². The predicted molar refractivity (Wildman–Crippen MR) is 84.7 cm³/mol. The Labute approximate surface area is 119 Å². The molecule has 0 atom stereocenters. The van der Waals surface area contributed by atoms with Gasteiger partial charge in [-0.15, -0.1) is 0 Å². The summed E-state index contributed by atoms with van der Waals surface area (Å²) < 4.78 is 0. The van der Waals surface area contributed by atoms with Crippen molar-refractivity contribution in [1.29, 1.82) is 0 Å². The number of hydrogen-bond donors (Lipinski definition) is 2. The Kier molecular flexibility index (Phi) is 4.25. The molecule has 0 aliphatic rings. The zero-order valence-electron chi connectivity index (χ0n) is 12.0. The average Bonchev–Trinajstić information content (AvgIpc) is 2.47. The van der Waals surface area contributed by atoms with Gasteiger partial charge in [-0.25, -0.2) is 0 Å². The van der Waals surface area contributed by atoms with Gasteiger partial charge in [-0.05, 0) is 36.4 Å². The van der Waals surface area contributed by atoms with E-state index in [9.17, 15) is 4.79 Å². The molecule has 2 aromatic rings. The smallest absolute Gasteiger partial charge is 0.255 e. The van der Waals surface area contributed by atoms with Crippen LogP contribution in [0.5, 0.6) is 0 Å². The first-order valence-electron chi connectivity index (χ1n) is 6.47. The summed E-state index contributed by atoms with van der Waals surface area (Å²) in [6.45, 7) is 0. The van der Waals surface area contributed by atoms with Crippen LogP contribution in [0.3, 0.4) is 0 Å². The Morgan fingerprint density at radius 3 is 2.25 bits per heavy atom. The van der Waals surface area contributed by atoms with E-state index in [1.807, 2.05) is 62.4 Å². The van der Waals surface area contributed by atoms with Crippen molar-refractivity contribution in [3.63, 3.8) is 0 Å². The van der Waals surface area contributed by atoms with E-state index in [0.717, 1.165) is 17.1 Å². The molecule has 20 heavy (non-hydrogen) atoms. The van der Waals surface area contributed by atoms with Crippen molar-refractivity contribution in [2.75, 3.05) is 36.7 Å². The Balaban J connectivity index is 2.19. The lowest BCUT2D eigenvalue weighted by atomic mass is 10.2. The summed E-state index contributed by atoms with van der Waals surface area (Å²) in [6.07, 6.45) is 0. The van der Waals surface area contributed by atoms with E-state index in [1.165, 1.54) is 0 Å². The molecule has 4 heteroatoms. The van der Waals surface area contributed by atoms with Gasteiger partial charge in [0.1, 0.15) is 0 Å². The van der Waals surface area contributed by atoms with Crippen molar-refractivity contribution >= 4 is 23.0 Å². The van der Waals surface area contributed by atoms with Gasteiger partial charge >= 0.3 is 0 Å². The van der Waals surface area contributed by atoms with E-state index in [1.54, 1.807) is 12.1 Å². The van der Waals surface area contributed by atoms with Crippen molar-refractivity contribution in [1.82, 2.24) is 0 Å². The third-order valence-corrected chi connectivity index (χ3v) is 3.07. The molecule has 0 aliphatic heterocycles. The molecule has 0 spiro atoms. The Morgan fingerprint density at radius 2 is 1.65 bits per heavy atom. The van der Waals surface area contributed by atoms with E-state index in [0.29, 0.717) is 5.56 Å². The lowest BCUT2D eigenvalue weighted by molar-refractivity contribution is 0.102. The first kappa shape index (κ1) is 13.9. The number of carbonyl (C=O) groups excluding carboxylic acids is 1. The Hall–Kier alpha value is -2.49. The van der Waals surface area contributed by atoms with Crippen LogP contribution in [-0.4, -0.2) is 27.1 Å². The Morgan fingerprint density at radius 1 is 1.00 bits per heavy atom. The second-order valence-electron chi connectivity index (χ2n) is 4.69. The molecule has 0 radical (unpaired) electrons. The number of benzene rings is 2. The SMILES string of the molecule is CNc1ccc(C(=O)Nc2ccccc2N(C)C)cc1. The van der Waals surface area contributed by atoms with Gasteiger partial charge in [0.25, 0.3) is 5.91 Å². The van der Waals surface area contributed by atoms with Gasteiger partial charge in [0.2, 0.25) is 0 Å². The van der Waals surface area contributed by atoms with Crippen LogP contribution >= 0.6 is 0 Å². The van der Waals surface area contributed by atoms with Crippen LogP contribution in [0.25, 0.3) is 0 Å². The third-order valence-electron chi connectivity index (χ3n) is 3.07. The number of anilines is 3. The highest BCUT2D eigenvalue weighted by Gasteiger charge is 2.09. The highest BCUT2D eigenvalue weighted by atomic mass is 16.1. The topological polar surface area (TPSA) is 44.4 Å². The highest BCUT2D eigenvalue weighted by molar-refractivity contribution is 6.06. The van der Waals surface area contributed by atoms with E-state index >= 15 is 0 Å². The van der Waals surface area contributed by atoms with Crippen molar-refractivity contribution < 1.29 is 4.79 Å². The summed E-state index contributed by atoms with van der Waals surface area (Å²) in [6, 6.07) is 15.1. The molecular weight excluding hydrogens is 250 g/mol. The lowest BCUT2D eigenvalue weighted by Gasteiger charge is -2.17. The fraction of sp³-hybridized carbons (Fsp3) is 0.188. The lowest BCUT2D eigenvalue weighted by Crippen LogP contribution is -2.16. The molecule has 0 aromatic heterocycles. The van der Waals surface area contributed by atoms with Crippen molar-refractivity contribution in [2.45, 2.75) is 0 Å². The molecule has 2 N–H and O–H groups in total. The summed E-state index contributed by atoms with van der Waals surface area (Å²) in [5.74, 6) is -0.109. The number of nitrogens with zero attached hydrogens (tertiary/aromatic N) is 1. The zero-order valence-corrected chi connectivity index (χ0v) is 12.0. The fourth-order valence-corrected chi connectivity index (χ4v) is 1.95. The van der Waals surface area contributed by atoms with Crippen LogP contribution < -0.4 is 15.5 Å². The van der Waals surface area contributed by atoms with Gasteiger partial charge in [0.05, 0.1) is 11.4 Å². The first-order chi connectivity index (χ1) is 9.61. The van der Waals surface area contributed by atoms with Crippen LogP contribution in [0.4, 0.5) is 17.1 Å². The first-order valence-corrected chi connectivity index (χ1v) is 6.47. The highest BCUT2D eigenvalue weighted by Crippen LogP contribution is 2.24. The number of rotatable bonds is 4. The van der Waals surface area contributed by atoms with E-state index < -0.39 is 0 Å². The maximum atomic E-state index is 12.2. The molecule has 0 unspecified atom stereocenters. The summed E-state index contributed by atoms with van der Waals surface area (Å²) >= 11 is 0. The van der Waals surface area contributed by atoms with Gasteiger partial charge < -0.3 is 15.5 Å². The molecule has 0 saturated carbocycles. The summed E-state index contributed by atoms with van der Waals surface area (Å²) in [7, 11) is 5.75. The van der Waals surface area contributed by atoms with Crippen molar-refractivity contribution in [3.8, 4) is 0 Å². The van der Waals surface area contributed by atoms with Crippen LogP contribution in [0.1, 0.15) is 10.4 Å². The summed E-state index contributed by atoms with van der Waals surface area (Å²) in [5.41, 5.74) is 3.40. The normalized spacial score (nSPS) is 9.95. The van der Waals surface area contributed by atoms with Crippen LogP contribution in [0, 0.1) is 0 Å². The largest absolute Gasteiger partial charge is 0.388 e. The number of hydrogen-bond acceptors (Lipinski definition) is 3. The molecule has 0 fully saturated rings. The van der Waals surface area contributed by atoms with Gasteiger partial charge in [-0.1, -0.05) is 12.1 Å². The number of carbonyl (C=O) groups is 1. The monoisotopic (exact) mass is 269 g/mol. The maximum Gasteiger partial charge on any atom is 0.255 e. The zero-order chi connectivity index (χ0) is 14.5. The van der Waals surface area contributed by atoms with Gasteiger partial charge in [-0.3, -0.25) is 4.79 Å². The summed E-state index contributed by atoms with van der Waals surface area (Å²) in [5, 5.41) is 5.97. The third kappa shape index (κ3) is 3.09. The molecule has 2 aromatic carbocycles. The number of amides is 1. The van der Waals surface area contributed by atoms with Crippen LogP contribution in [-0.2, 0) is 0 Å². The quantitative estimate of drug-likeness (QED) is 0.896. The molecule has 0 heterocycles. The molecule has 2 rings (SSSR count). The minimum atomic E-state index is -0.109. The molecular formula is C16H19N3O. The van der Waals surface area contributed by atoms with Gasteiger partial charge in [-0.2, -0.15) is 0 Å². The minimum absolute atomic E-state index is 0.109. The summed E-state index contributed by atoms with van der Waals surface area (Å²) in [4.78, 5) is 14.2. The minimum Gasteiger partial charge on any atom is -0.388 e. The molecule has 1 amide bonds. The van der Waals surface area contributed by atoms with Gasteiger partial charge in [0, 0.05) is 32.4 Å². The number of nitrogens with one attached hydrogen (secondary N) is 2. The van der Waals surface area contributed by atoms with Crippen LogP contribution in [0.2, 0.25) is 0 Å². The standard InChI is InChI=1S/C16H19N3O/c1-17-13-10-8-12(9-11-13)16(20)18-14-6-4-5-7-15(14)19(2)3/h4-11,17H,1-3H3,(H,18,20). The molecule has 0 aliphatic carbocycles. The number of para-hydroxylation sites is 2. The van der Waals surface area contributed by atoms with E-state index in [2.05, 4.69) is 10.6 Å². The molecule has 0 bridgehead atoms. The molecule has 104 valence electrons. The Bertz CT molecular complexity index is 591. The molecule has 0 saturated heterocycles. The van der Waals surface area contributed by atoms with Crippen LogP contribution in [0.15, 0.2) is 48.5 Å². The predicted octanol–water partition coefficient (Wildman–Crippen LogP) is 3.05. The second kappa shape index (κ2) is 6.10. The fourth-order valence-electron chi connectivity index (χ4n) is 1.95. The van der Waals surface area contributed by atoms with E-state index in [4.69, 9.17) is 0 Å². The van der Waals surface area contributed by atoms with Gasteiger partial charge in [0.15, 0.2) is 0 Å². The maximum absolute atomic E-state index is 12.2. The second-order valence-corrected chi connectivity index (χ2v) is 4.69. The molecule has 4 nitrogen and oxygen atoms in total. The van der Waals surface area contributed by atoms with Crippen molar-refractivity contribution in [3.05, 3.63) is 54.1 Å².